The van der Waals surface area contributed by atoms with Crippen molar-refractivity contribution in [2.75, 3.05) is 18.0 Å². The largest absolute Gasteiger partial charge is 0.355 e. The number of aromatic nitrogens is 5. The number of aryl methyl sites for hydroxylation is 1. The van der Waals surface area contributed by atoms with E-state index in [1.807, 2.05) is 30.3 Å². The lowest BCUT2D eigenvalue weighted by atomic mass is 9.91. The van der Waals surface area contributed by atoms with E-state index in [-0.39, 0.29) is 0 Å². The number of hydrogen-bond donors (Lipinski definition) is 1. The van der Waals surface area contributed by atoms with Crippen LogP contribution in [0.5, 0.6) is 0 Å². The second-order valence-corrected chi connectivity index (χ2v) is 6.88. The lowest BCUT2D eigenvalue weighted by molar-refractivity contribution is 0.356. The maximum atomic E-state index is 4.63. The third kappa shape index (κ3) is 2.48. The molecular weight excluding hydrogens is 288 g/mol. The summed E-state index contributed by atoms with van der Waals surface area (Å²) in [5.74, 6) is 2.41. The Morgan fingerprint density at radius 1 is 1.17 bits per heavy atom. The van der Waals surface area contributed by atoms with E-state index < -0.39 is 0 Å². The zero-order chi connectivity index (χ0) is 16.0. The average Bonchev–Trinajstić information content (AvgIpc) is 3.11. The van der Waals surface area contributed by atoms with Gasteiger partial charge in [-0.05, 0) is 18.3 Å². The van der Waals surface area contributed by atoms with Crippen molar-refractivity contribution in [1.82, 2.24) is 24.7 Å². The third-order valence-electron chi connectivity index (χ3n) is 4.63. The molecule has 3 aromatic heterocycles. The van der Waals surface area contributed by atoms with Crippen LogP contribution in [-0.4, -0.2) is 37.8 Å². The van der Waals surface area contributed by atoms with E-state index in [0.717, 1.165) is 41.1 Å². The fourth-order valence-electron chi connectivity index (χ4n) is 3.81. The first kappa shape index (κ1) is 14.2. The molecule has 0 saturated carbocycles. The summed E-state index contributed by atoms with van der Waals surface area (Å²) in [6.07, 6.45) is 8.87. The number of nitrogens with one attached hydrogen (secondary N) is 1. The molecule has 1 saturated heterocycles. The molecule has 0 bridgehead atoms. The van der Waals surface area contributed by atoms with Crippen molar-refractivity contribution in [3.8, 4) is 11.1 Å². The van der Waals surface area contributed by atoms with E-state index in [9.17, 15) is 0 Å². The summed E-state index contributed by atoms with van der Waals surface area (Å²) in [5.41, 5.74) is 3.10. The molecule has 1 aliphatic rings. The van der Waals surface area contributed by atoms with E-state index >= 15 is 0 Å². The van der Waals surface area contributed by atoms with Crippen LogP contribution >= 0.6 is 0 Å². The summed E-state index contributed by atoms with van der Waals surface area (Å²) in [6, 6.07) is 0. The van der Waals surface area contributed by atoms with Gasteiger partial charge >= 0.3 is 0 Å². The van der Waals surface area contributed by atoms with Crippen LogP contribution in [0.1, 0.15) is 20.3 Å². The van der Waals surface area contributed by atoms with E-state index in [1.165, 1.54) is 6.42 Å². The van der Waals surface area contributed by atoms with Gasteiger partial charge in [0.15, 0.2) is 0 Å². The molecule has 0 aromatic carbocycles. The summed E-state index contributed by atoms with van der Waals surface area (Å²) in [5, 5.41) is 5.39. The topological polar surface area (TPSA) is 62.6 Å². The zero-order valence-electron chi connectivity index (χ0n) is 13.8. The zero-order valence-corrected chi connectivity index (χ0v) is 13.8. The minimum absolute atomic E-state index is 0.685. The van der Waals surface area contributed by atoms with Crippen molar-refractivity contribution in [2.45, 2.75) is 20.3 Å². The van der Waals surface area contributed by atoms with Gasteiger partial charge in [0.05, 0.1) is 11.6 Å². The van der Waals surface area contributed by atoms with Gasteiger partial charge in [0.1, 0.15) is 17.8 Å². The molecule has 1 fully saturated rings. The molecular formula is C17H22N6. The lowest BCUT2D eigenvalue weighted by Gasteiger charge is -2.36. The predicted octanol–water partition coefficient (Wildman–Crippen LogP) is 2.84. The Bertz CT molecular complexity index is 823. The molecule has 0 aliphatic carbocycles. The Labute approximate surface area is 135 Å². The van der Waals surface area contributed by atoms with E-state index in [0.29, 0.717) is 11.8 Å². The molecule has 6 nitrogen and oxygen atoms in total. The molecule has 2 atom stereocenters. The summed E-state index contributed by atoms with van der Waals surface area (Å²) < 4.78 is 1.82. The van der Waals surface area contributed by atoms with Crippen LogP contribution < -0.4 is 4.90 Å². The fourth-order valence-corrected chi connectivity index (χ4v) is 3.81. The van der Waals surface area contributed by atoms with Crippen LogP contribution in [0.2, 0.25) is 0 Å². The van der Waals surface area contributed by atoms with Crippen LogP contribution in [-0.2, 0) is 7.05 Å². The lowest BCUT2D eigenvalue weighted by Crippen LogP contribution is -2.39. The molecule has 120 valence electrons. The van der Waals surface area contributed by atoms with Crippen LogP contribution in [0.15, 0.2) is 24.9 Å². The number of aromatic amines is 1. The molecule has 2 unspecified atom stereocenters. The predicted molar refractivity (Wildman–Crippen MR) is 91.2 cm³/mol. The number of piperidine rings is 1. The second kappa shape index (κ2) is 5.37. The summed E-state index contributed by atoms with van der Waals surface area (Å²) in [4.78, 5) is 14.7. The summed E-state index contributed by atoms with van der Waals surface area (Å²) in [7, 11) is 1.93. The van der Waals surface area contributed by atoms with Gasteiger partial charge < -0.3 is 9.88 Å². The molecule has 4 rings (SSSR count). The van der Waals surface area contributed by atoms with Crippen molar-refractivity contribution >= 4 is 16.9 Å². The summed E-state index contributed by atoms with van der Waals surface area (Å²) in [6.45, 7) is 6.74. The quantitative estimate of drug-likeness (QED) is 0.790. The number of nitrogens with zero attached hydrogens (tertiary/aromatic N) is 5. The van der Waals surface area contributed by atoms with Crippen molar-refractivity contribution in [2.24, 2.45) is 18.9 Å². The number of rotatable bonds is 2. The standard InChI is InChI=1S/C17H22N6/c1-11-4-12(2)8-23(7-11)17-15-14(13-5-21-22(3)9-13)6-18-16(15)19-10-20-17/h5-6,9-12H,4,7-8H2,1-3H3,(H,18,19,20). The molecule has 6 heteroatoms. The maximum Gasteiger partial charge on any atom is 0.143 e. The average molecular weight is 310 g/mol. The first-order chi connectivity index (χ1) is 11.1. The molecule has 3 aromatic rings. The minimum Gasteiger partial charge on any atom is -0.355 e. The monoisotopic (exact) mass is 310 g/mol. The van der Waals surface area contributed by atoms with E-state index in [1.54, 1.807) is 6.33 Å². The van der Waals surface area contributed by atoms with Gasteiger partial charge in [-0.2, -0.15) is 5.10 Å². The molecule has 1 aliphatic heterocycles. The van der Waals surface area contributed by atoms with Crippen molar-refractivity contribution in [3.05, 3.63) is 24.9 Å². The smallest absolute Gasteiger partial charge is 0.143 e. The minimum atomic E-state index is 0.685. The first-order valence-corrected chi connectivity index (χ1v) is 8.18. The Hall–Kier alpha value is -2.37. The van der Waals surface area contributed by atoms with Gasteiger partial charge in [-0.15, -0.1) is 0 Å². The molecule has 4 heterocycles. The van der Waals surface area contributed by atoms with Crippen molar-refractivity contribution in [1.29, 1.82) is 0 Å². The number of anilines is 1. The first-order valence-electron chi connectivity index (χ1n) is 8.18. The Kier molecular flexibility index (Phi) is 3.32. The maximum absolute atomic E-state index is 4.63. The van der Waals surface area contributed by atoms with Crippen molar-refractivity contribution < 1.29 is 0 Å². The van der Waals surface area contributed by atoms with Crippen LogP contribution in [0, 0.1) is 11.8 Å². The van der Waals surface area contributed by atoms with Gasteiger partial charge in [0.2, 0.25) is 0 Å². The molecule has 0 spiro atoms. The highest BCUT2D eigenvalue weighted by Gasteiger charge is 2.25. The molecule has 0 radical (unpaired) electrons. The highest BCUT2D eigenvalue weighted by Crippen LogP contribution is 2.35. The van der Waals surface area contributed by atoms with Gasteiger partial charge in [-0.25, -0.2) is 9.97 Å². The van der Waals surface area contributed by atoms with Gasteiger partial charge in [0, 0.05) is 43.7 Å². The van der Waals surface area contributed by atoms with Crippen molar-refractivity contribution in [3.63, 3.8) is 0 Å². The number of fused-ring (bicyclic) bond motifs is 1. The summed E-state index contributed by atoms with van der Waals surface area (Å²) >= 11 is 0. The Morgan fingerprint density at radius 3 is 2.65 bits per heavy atom. The highest BCUT2D eigenvalue weighted by molar-refractivity contribution is 6.00. The molecule has 1 N–H and O–H groups in total. The number of H-pyrrole nitrogens is 1. The van der Waals surface area contributed by atoms with Gasteiger partial charge in [0.25, 0.3) is 0 Å². The normalized spacial score (nSPS) is 22.0. The Balaban J connectivity index is 1.85. The van der Waals surface area contributed by atoms with Crippen LogP contribution in [0.3, 0.4) is 0 Å². The van der Waals surface area contributed by atoms with E-state index in [2.05, 4.69) is 38.8 Å². The van der Waals surface area contributed by atoms with E-state index in [4.69, 9.17) is 0 Å². The molecule has 23 heavy (non-hydrogen) atoms. The highest BCUT2D eigenvalue weighted by atomic mass is 15.2. The second-order valence-electron chi connectivity index (χ2n) is 6.88. The SMILES string of the molecule is CC1CC(C)CN(c2ncnc3[nH]cc(-c4cnn(C)c4)c23)C1. The van der Waals surface area contributed by atoms with Crippen LogP contribution in [0.4, 0.5) is 5.82 Å². The van der Waals surface area contributed by atoms with Gasteiger partial charge in [-0.1, -0.05) is 13.8 Å². The molecule has 0 amide bonds. The number of hydrogen-bond acceptors (Lipinski definition) is 4. The van der Waals surface area contributed by atoms with Gasteiger partial charge in [-0.3, -0.25) is 4.68 Å². The Morgan fingerprint density at radius 2 is 1.96 bits per heavy atom. The fraction of sp³-hybridized carbons (Fsp3) is 0.471. The van der Waals surface area contributed by atoms with Crippen LogP contribution in [0.25, 0.3) is 22.2 Å². The third-order valence-corrected chi connectivity index (χ3v) is 4.63.